The Morgan fingerprint density at radius 1 is 1.15 bits per heavy atom. The number of H-pyrrole nitrogens is 1. The summed E-state index contributed by atoms with van der Waals surface area (Å²) in [7, 11) is 1.60. The van der Waals surface area contributed by atoms with Gasteiger partial charge < -0.3 is 9.72 Å². The number of rotatable bonds is 3. The van der Waals surface area contributed by atoms with Gasteiger partial charge in [0.2, 0.25) is 0 Å². The summed E-state index contributed by atoms with van der Waals surface area (Å²) in [5, 5.41) is 1.41. The van der Waals surface area contributed by atoms with E-state index in [4.69, 9.17) is 16.3 Å². The van der Waals surface area contributed by atoms with Crippen LogP contribution in [0.25, 0.3) is 10.9 Å². The molecule has 0 spiro atoms. The van der Waals surface area contributed by atoms with Crippen LogP contribution in [0.2, 0.25) is 5.02 Å². The second-order valence-corrected chi connectivity index (χ2v) is 4.86. The van der Waals surface area contributed by atoms with E-state index in [2.05, 4.69) is 4.98 Å². The molecule has 0 saturated carbocycles. The maximum atomic E-state index is 12.6. The van der Waals surface area contributed by atoms with Gasteiger partial charge in [0.15, 0.2) is 5.78 Å². The molecule has 1 heterocycles. The Morgan fingerprint density at radius 3 is 2.60 bits per heavy atom. The van der Waals surface area contributed by atoms with Gasteiger partial charge in [-0.25, -0.2) is 0 Å². The summed E-state index contributed by atoms with van der Waals surface area (Å²) in [4.78, 5) is 15.7. The molecule has 3 rings (SSSR count). The molecule has 0 aliphatic carbocycles. The Kier molecular flexibility index (Phi) is 3.20. The van der Waals surface area contributed by atoms with Crippen LogP contribution in [-0.2, 0) is 0 Å². The molecule has 1 aromatic heterocycles. The Labute approximate surface area is 121 Å². The first kappa shape index (κ1) is 12.8. The molecule has 4 heteroatoms. The van der Waals surface area contributed by atoms with Crippen LogP contribution in [0.15, 0.2) is 48.7 Å². The van der Waals surface area contributed by atoms with Crippen molar-refractivity contribution in [2.24, 2.45) is 0 Å². The molecular formula is C16H12ClNO2. The van der Waals surface area contributed by atoms with Gasteiger partial charge >= 0.3 is 0 Å². The van der Waals surface area contributed by atoms with Crippen molar-refractivity contribution >= 4 is 28.3 Å². The summed E-state index contributed by atoms with van der Waals surface area (Å²) in [5.74, 6) is 0.624. The van der Waals surface area contributed by atoms with E-state index in [0.29, 0.717) is 21.9 Å². The van der Waals surface area contributed by atoms with Crippen LogP contribution in [0.1, 0.15) is 15.9 Å². The van der Waals surface area contributed by atoms with Crippen LogP contribution in [0.4, 0.5) is 0 Å². The number of hydrogen-bond acceptors (Lipinski definition) is 2. The van der Waals surface area contributed by atoms with E-state index in [9.17, 15) is 4.79 Å². The van der Waals surface area contributed by atoms with Crippen LogP contribution in [0.3, 0.4) is 0 Å². The number of hydrogen-bond donors (Lipinski definition) is 1. The number of halogens is 1. The van der Waals surface area contributed by atoms with Crippen LogP contribution in [0.5, 0.6) is 5.75 Å². The molecule has 0 saturated heterocycles. The van der Waals surface area contributed by atoms with Gasteiger partial charge in [0.25, 0.3) is 0 Å². The lowest BCUT2D eigenvalue weighted by Crippen LogP contribution is -2.00. The molecule has 3 nitrogen and oxygen atoms in total. The van der Waals surface area contributed by atoms with Gasteiger partial charge in [-0.1, -0.05) is 17.7 Å². The lowest BCUT2D eigenvalue weighted by molar-refractivity contribution is 0.104. The minimum absolute atomic E-state index is 0.0579. The van der Waals surface area contributed by atoms with Crippen molar-refractivity contribution in [1.82, 2.24) is 4.98 Å². The molecule has 0 aliphatic heterocycles. The monoisotopic (exact) mass is 285 g/mol. The molecule has 0 aliphatic rings. The lowest BCUT2D eigenvalue weighted by Gasteiger charge is -2.04. The van der Waals surface area contributed by atoms with E-state index >= 15 is 0 Å². The van der Waals surface area contributed by atoms with E-state index in [1.807, 2.05) is 18.2 Å². The fourth-order valence-corrected chi connectivity index (χ4v) is 2.38. The number of carbonyl (C=O) groups excluding carboxylic acids is 1. The van der Waals surface area contributed by atoms with Gasteiger partial charge in [0, 0.05) is 22.3 Å². The summed E-state index contributed by atoms with van der Waals surface area (Å²) >= 11 is 5.85. The number of ketones is 1. The third-order valence-corrected chi connectivity index (χ3v) is 3.49. The van der Waals surface area contributed by atoms with E-state index in [0.717, 1.165) is 10.9 Å². The second-order valence-electron chi connectivity index (χ2n) is 4.42. The zero-order valence-corrected chi connectivity index (χ0v) is 11.6. The minimum Gasteiger partial charge on any atom is -0.496 e. The predicted octanol–water partition coefficient (Wildman–Crippen LogP) is 4.06. The van der Waals surface area contributed by atoms with Crippen LogP contribution >= 0.6 is 11.6 Å². The smallest absolute Gasteiger partial charge is 0.195 e. The van der Waals surface area contributed by atoms with Gasteiger partial charge in [-0.3, -0.25) is 4.79 Å². The highest BCUT2D eigenvalue weighted by molar-refractivity contribution is 6.30. The Bertz CT molecular complexity index is 775. The van der Waals surface area contributed by atoms with Crippen molar-refractivity contribution in [2.45, 2.75) is 0 Å². The Balaban J connectivity index is 2.14. The molecular weight excluding hydrogens is 274 g/mol. The standard InChI is InChI=1S/C16H12ClNO2/c1-20-14-4-2-3-13-15(14)12(9-18-13)16(19)10-5-7-11(17)8-6-10/h2-9,18H,1H3. The van der Waals surface area contributed by atoms with Crippen molar-refractivity contribution in [3.8, 4) is 5.75 Å². The highest BCUT2D eigenvalue weighted by Gasteiger charge is 2.17. The fraction of sp³-hybridized carbons (Fsp3) is 0.0625. The molecule has 0 amide bonds. The highest BCUT2D eigenvalue weighted by atomic mass is 35.5. The average molecular weight is 286 g/mol. The number of aromatic amines is 1. The first-order valence-electron chi connectivity index (χ1n) is 6.15. The number of fused-ring (bicyclic) bond motifs is 1. The van der Waals surface area contributed by atoms with Crippen molar-refractivity contribution in [2.75, 3.05) is 7.11 Å². The first-order chi connectivity index (χ1) is 9.70. The molecule has 0 bridgehead atoms. The maximum Gasteiger partial charge on any atom is 0.195 e. The van der Waals surface area contributed by atoms with E-state index in [1.165, 1.54) is 0 Å². The SMILES string of the molecule is COc1cccc2[nH]cc(C(=O)c3ccc(Cl)cc3)c12. The lowest BCUT2D eigenvalue weighted by atomic mass is 10.0. The summed E-state index contributed by atoms with van der Waals surface area (Å²) in [6.07, 6.45) is 1.71. The van der Waals surface area contributed by atoms with Crippen LogP contribution in [0, 0.1) is 0 Å². The van der Waals surface area contributed by atoms with Crippen LogP contribution < -0.4 is 4.74 Å². The number of aromatic nitrogens is 1. The molecule has 0 unspecified atom stereocenters. The molecule has 1 N–H and O–H groups in total. The zero-order valence-electron chi connectivity index (χ0n) is 10.8. The molecule has 0 radical (unpaired) electrons. The predicted molar refractivity (Wildman–Crippen MR) is 79.7 cm³/mol. The first-order valence-corrected chi connectivity index (χ1v) is 6.53. The number of ether oxygens (including phenoxy) is 1. The third-order valence-electron chi connectivity index (χ3n) is 3.24. The number of carbonyl (C=O) groups is 1. The van der Waals surface area contributed by atoms with E-state index in [1.54, 1.807) is 37.6 Å². The quantitative estimate of drug-likeness (QED) is 0.737. The largest absolute Gasteiger partial charge is 0.496 e. The normalized spacial score (nSPS) is 10.7. The van der Waals surface area contributed by atoms with Gasteiger partial charge in [-0.05, 0) is 36.4 Å². The van der Waals surface area contributed by atoms with Crippen molar-refractivity contribution in [3.63, 3.8) is 0 Å². The molecule has 100 valence electrons. The van der Waals surface area contributed by atoms with E-state index in [-0.39, 0.29) is 5.78 Å². The Morgan fingerprint density at radius 2 is 1.90 bits per heavy atom. The van der Waals surface area contributed by atoms with E-state index < -0.39 is 0 Å². The van der Waals surface area contributed by atoms with Gasteiger partial charge in [-0.2, -0.15) is 0 Å². The van der Waals surface area contributed by atoms with Crippen molar-refractivity contribution in [1.29, 1.82) is 0 Å². The third kappa shape index (κ3) is 2.06. The number of nitrogens with one attached hydrogen (secondary N) is 1. The van der Waals surface area contributed by atoms with Gasteiger partial charge in [0.1, 0.15) is 5.75 Å². The topological polar surface area (TPSA) is 42.1 Å². The fourth-order valence-electron chi connectivity index (χ4n) is 2.26. The summed E-state index contributed by atoms with van der Waals surface area (Å²) in [5.41, 5.74) is 2.07. The second kappa shape index (κ2) is 5.02. The van der Waals surface area contributed by atoms with Gasteiger partial charge in [-0.15, -0.1) is 0 Å². The number of benzene rings is 2. The molecule has 0 atom stereocenters. The molecule has 0 fully saturated rings. The minimum atomic E-state index is -0.0579. The molecule has 3 aromatic rings. The number of methoxy groups -OCH3 is 1. The van der Waals surface area contributed by atoms with Crippen LogP contribution in [-0.4, -0.2) is 17.9 Å². The highest BCUT2D eigenvalue weighted by Crippen LogP contribution is 2.30. The molecule has 2 aromatic carbocycles. The summed E-state index contributed by atoms with van der Waals surface area (Å²) < 4.78 is 5.34. The summed E-state index contributed by atoms with van der Waals surface area (Å²) in [6, 6.07) is 12.5. The Hall–Kier alpha value is -2.26. The summed E-state index contributed by atoms with van der Waals surface area (Å²) in [6.45, 7) is 0. The molecule has 20 heavy (non-hydrogen) atoms. The van der Waals surface area contributed by atoms with Crippen molar-refractivity contribution in [3.05, 3.63) is 64.8 Å². The van der Waals surface area contributed by atoms with Crippen molar-refractivity contribution < 1.29 is 9.53 Å². The maximum absolute atomic E-state index is 12.6. The van der Waals surface area contributed by atoms with Gasteiger partial charge in [0.05, 0.1) is 18.1 Å². The average Bonchev–Trinajstić information content (AvgIpc) is 2.91. The zero-order chi connectivity index (χ0) is 14.1.